The van der Waals surface area contributed by atoms with E-state index in [1.54, 1.807) is 6.07 Å². The molecule has 0 spiro atoms. The number of nitrogens with one attached hydrogen (secondary N) is 1. The lowest BCUT2D eigenvalue weighted by atomic mass is 10.0. The largest absolute Gasteiger partial charge is 0.325 e. The maximum Gasteiger partial charge on any atom is 0.251 e. The number of hydrogen-bond acceptors (Lipinski definition) is 2. The first kappa shape index (κ1) is 9.33. The van der Waals surface area contributed by atoms with Crippen molar-refractivity contribution in [2.75, 3.05) is 0 Å². The Labute approximate surface area is 93.1 Å². The van der Waals surface area contributed by atoms with Crippen LogP contribution in [0.15, 0.2) is 17.1 Å². The second-order valence-electron chi connectivity index (χ2n) is 4.87. The lowest BCUT2D eigenvalue weighted by Crippen LogP contribution is -2.18. The van der Waals surface area contributed by atoms with Gasteiger partial charge in [-0.1, -0.05) is 0 Å². The summed E-state index contributed by atoms with van der Waals surface area (Å²) < 4.78 is 2.58. The summed E-state index contributed by atoms with van der Waals surface area (Å²) in [6, 6.07) is 1.55. The van der Waals surface area contributed by atoms with Crippen molar-refractivity contribution in [1.29, 1.82) is 0 Å². The Hall–Kier alpha value is -0.900. The molecule has 15 heavy (non-hydrogen) atoms. The Bertz CT molecular complexity index is 494. The van der Waals surface area contributed by atoms with E-state index < -0.39 is 0 Å². The van der Waals surface area contributed by atoms with E-state index in [0.29, 0.717) is 10.2 Å². The van der Waals surface area contributed by atoms with Gasteiger partial charge >= 0.3 is 0 Å². The van der Waals surface area contributed by atoms with Gasteiger partial charge in [0.2, 0.25) is 0 Å². The molecule has 0 atom stereocenters. The van der Waals surface area contributed by atoms with Gasteiger partial charge in [0, 0.05) is 18.8 Å². The Morgan fingerprint density at radius 2 is 2.27 bits per heavy atom. The van der Waals surface area contributed by atoms with Gasteiger partial charge in [-0.25, -0.2) is 0 Å². The smallest absolute Gasteiger partial charge is 0.251 e. The molecular weight excluding hydrogens is 208 g/mol. The van der Waals surface area contributed by atoms with E-state index >= 15 is 0 Å². The average Bonchev–Trinajstić information content (AvgIpc) is 2.99. The third-order valence-corrected chi connectivity index (χ3v) is 4.05. The summed E-state index contributed by atoms with van der Waals surface area (Å²) in [4.78, 5) is 13.7. The number of aromatic nitrogens is 2. The van der Waals surface area contributed by atoms with E-state index in [9.17, 15) is 4.79 Å². The van der Waals surface area contributed by atoms with Crippen molar-refractivity contribution in [3.63, 3.8) is 0 Å². The molecule has 4 heteroatoms. The van der Waals surface area contributed by atoms with Crippen LogP contribution >= 0.6 is 12.2 Å². The van der Waals surface area contributed by atoms with Crippen molar-refractivity contribution in [2.24, 2.45) is 11.3 Å². The van der Waals surface area contributed by atoms with Crippen LogP contribution in [0.1, 0.15) is 25.7 Å². The van der Waals surface area contributed by atoms with Gasteiger partial charge in [0.1, 0.15) is 0 Å². The fourth-order valence-corrected chi connectivity index (χ4v) is 2.69. The molecule has 2 fully saturated rings. The van der Waals surface area contributed by atoms with Gasteiger partial charge in [-0.2, -0.15) is 0 Å². The third-order valence-electron chi connectivity index (χ3n) is 3.72. The van der Waals surface area contributed by atoms with Crippen LogP contribution < -0.4 is 5.56 Å². The molecule has 0 aromatic carbocycles. The third kappa shape index (κ3) is 1.67. The minimum atomic E-state index is -0.104. The predicted molar refractivity (Wildman–Crippen MR) is 60.3 cm³/mol. The van der Waals surface area contributed by atoms with E-state index in [4.69, 9.17) is 12.2 Å². The molecule has 0 unspecified atom stereocenters. The molecule has 1 N–H and O–H groups in total. The highest BCUT2D eigenvalue weighted by Gasteiger charge is 2.53. The van der Waals surface area contributed by atoms with Gasteiger partial charge in [-0.15, -0.1) is 0 Å². The molecule has 1 aromatic rings. The summed E-state index contributed by atoms with van der Waals surface area (Å²) in [5, 5.41) is 0. The van der Waals surface area contributed by atoms with Crippen molar-refractivity contribution < 1.29 is 0 Å². The molecule has 0 aliphatic heterocycles. The topological polar surface area (TPSA) is 37.8 Å². The van der Waals surface area contributed by atoms with Crippen LogP contribution in [0.5, 0.6) is 0 Å². The maximum absolute atomic E-state index is 11.0. The molecule has 1 heterocycles. The van der Waals surface area contributed by atoms with Crippen molar-refractivity contribution in [3.8, 4) is 0 Å². The monoisotopic (exact) mass is 222 g/mol. The maximum atomic E-state index is 11.0. The van der Waals surface area contributed by atoms with E-state index in [1.165, 1.54) is 25.7 Å². The van der Waals surface area contributed by atoms with E-state index in [0.717, 1.165) is 12.5 Å². The van der Waals surface area contributed by atoms with Gasteiger partial charge in [-0.05, 0) is 49.2 Å². The van der Waals surface area contributed by atoms with Crippen LogP contribution in [0.4, 0.5) is 0 Å². The molecule has 0 saturated heterocycles. The number of hydrogen-bond donors (Lipinski definition) is 1. The van der Waals surface area contributed by atoms with Gasteiger partial charge in [0.25, 0.3) is 5.56 Å². The molecule has 2 aliphatic rings. The first-order valence-electron chi connectivity index (χ1n) is 5.49. The molecule has 3 nitrogen and oxygen atoms in total. The van der Waals surface area contributed by atoms with Crippen LogP contribution in [0.25, 0.3) is 0 Å². The highest BCUT2D eigenvalue weighted by atomic mass is 32.1. The number of nitrogens with zero attached hydrogens (tertiary/aromatic N) is 1. The highest BCUT2D eigenvalue weighted by Crippen LogP contribution is 2.62. The molecular formula is C11H14N2OS. The van der Waals surface area contributed by atoms with Crippen LogP contribution in [0.3, 0.4) is 0 Å². The van der Waals surface area contributed by atoms with Crippen LogP contribution in [0.2, 0.25) is 0 Å². The van der Waals surface area contributed by atoms with Crippen molar-refractivity contribution in [2.45, 2.75) is 32.2 Å². The van der Waals surface area contributed by atoms with Crippen molar-refractivity contribution in [1.82, 2.24) is 9.55 Å². The summed E-state index contributed by atoms with van der Waals surface area (Å²) >= 11 is 5.15. The number of aromatic amines is 1. The second-order valence-corrected chi connectivity index (χ2v) is 5.26. The molecule has 2 saturated carbocycles. The summed E-state index contributed by atoms with van der Waals surface area (Å²) in [5.41, 5.74) is 0.420. The normalized spacial score (nSPS) is 22.7. The minimum absolute atomic E-state index is 0.104. The van der Waals surface area contributed by atoms with Crippen LogP contribution in [0, 0.1) is 16.1 Å². The fraction of sp³-hybridized carbons (Fsp3) is 0.636. The lowest BCUT2D eigenvalue weighted by molar-refractivity contribution is 0.364. The zero-order valence-electron chi connectivity index (χ0n) is 8.53. The fourth-order valence-electron chi connectivity index (χ4n) is 2.46. The Morgan fingerprint density at radius 3 is 2.80 bits per heavy atom. The first-order valence-corrected chi connectivity index (χ1v) is 5.90. The van der Waals surface area contributed by atoms with Gasteiger partial charge < -0.3 is 4.57 Å². The highest BCUT2D eigenvalue weighted by molar-refractivity contribution is 7.71. The van der Waals surface area contributed by atoms with Gasteiger partial charge in [0.15, 0.2) is 4.77 Å². The van der Waals surface area contributed by atoms with E-state index in [2.05, 4.69) is 4.98 Å². The minimum Gasteiger partial charge on any atom is -0.325 e. The SMILES string of the molecule is O=c1ccn(CC2(C3CC3)CC2)c(=S)[nH]1. The van der Waals surface area contributed by atoms with Crippen molar-refractivity contribution >= 4 is 12.2 Å². The molecule has 1 aromatic heterocycles. The molecule has 80 valence electrons. The molecule has 2 aliphatic carbocycles. The Kier molecular flexibility index (Phi) is 1.89. The number of rotatable bonds is 3. The predicted octanol–water partition coefficient (Wildman–Crippen LogP) is 2.10. The van der Waals surface area contributed by atoms with Gasteiger partial charge in [-0.3, -0.25) is 9.78 Å². The van der Waals surface area contributed by atoms with Gasteiger partial charge in [0.05, 0.1) is 0 Å². The molecule has 0 bridgehead atoms. The van der Waals surface area contributed by atoms with E-state index in [1.807, 2.05) is 10.8 Å². The summed E-state index contributed by atoms with van der Waals surface area (Å²) in [7, 11) is 0. The quantitative estimate of drug-likeness (QED) is 0.795. The molecule has 0 amide bonds. The zero-order valence-corrected chi connectivity index (χ0v) is 9.35. The van der Waals surface area contributed by atoms with Crippen LogP contribution in [-0.2, 0) is 6.54 Å². The Morgan fingerprint density at radius 1 is 1.53 bits per heavy atom. The molecule has 0 radical (unpaired) electrons. The van der Waals surface area contributed by atoms with Crippen molar-refractivity contribution in [3.05, 3.63) is 27.4 Å². The number of H-pyrrole nitrogens is 1. The molecule has 3 rings (SSSR count). The second kappa shape index (κ2) is 3.04. The first-order chi connectivity index (χ1) is 7.20. The zero-order chi connectivity index (χ0) is 10.5. The Balaban J connectivity index is 1.88. The average molecular weight is 222 g/mol. The van der Waals surface area contributed by atoms with Crippen LogP contribution in [-0.4, -0.2) is 9.55 Å². The van der Waals surface area contributed by atoms with E-state index in [-0.39, 0.29) is 5.56 Å². The standard InChI is InChI=1S/C11H14N2OS/c14-9-3-6-13(10(15)12-9)7-11(4-5-11)8-1-2-8/h3,6,8H,1-2,4-5,7H2,(H,12,14,15). The summed E-state index contributed by atoms with van der Waals surface area (Å²) in [6.45, 7) is 0.993. The summed E-state index contributed by atoms with van der Waals surface area (Å²) in [6.07, 6.45) is 7.26. The lowest BCUT2D eigenvalue weighted by Gasteiger charge is -2.15. The summed E-state index contributed by atoms with van der Waals surface area (Å²) in [5.74, 6) is 0.923.